The number of rotatable bonds is 2. The fraction of sp³-hybridized carbons (Fsp3) is 0.400. The summed E-state index contributed by atoms with van der Waals surface area (Å²) in [4.78, 5) is 12.2. The predicted octanol–water partition coefficient (Wildman–Crippen LogP) is 1.13. The molecule has 5 nitrogen and oxygen atoms in total. The van der Waals surface area contributed by atoms with Gasteiger partial charge in [0.05, 0.1) is 4.92 Å². The molecule has 0 aliphatic carbocycles. The second-order valence-electron chi connectivity index (χ2n) is 3.77. The van der Waals surface area contributed by atoms with Crippen molar-refractivity contribution in [3.8, 4) is 0 Å². The zero-order chi connectivity index (χ0) is 10.8. The summed E-state index contributed by atoms with van der Waals surface area (Å²) in [6, 6.07) is 6.82. The van der Waals surface area contributed by atoms with Crippen LogP contribution in [0.25, 0.3) is 0 Å². The predicted molar refractivity (Wildman–Crippen MR) is 57.9 cm³/mol. The van der Waals surface area contributed by atoms with Crippen LogP contribution in [0, 0.1) is 10.1 Å². The molecule has 1 atom stereocenters. The van der Waals surface area contributed by atoms with Crippen molar-refractivity contribution in [1.82, 2.24) is 0 Å². The number of nitrogens with two attached hydrogens (primary N) is 1. The zero-order valence-corrected chi connectivity index (χ0v) is 8.30. The summed E-state index contributed by atoms with van der Waals surface area (Å²) in [6.07, 6.45) is 0.983. The second-order valence-corrected chi connectivity index (χ2v) is 3.77. The van der Waals surface area contributed by atoms with Gasteiger partial charge in [-0.3, -0.25) is 10.1 Å². The highest BCUT2D eigenvalue weighted by Gasteiger charge is 2.19. The molecule has 0 bridgehead atoms. The Balaban J connectivity index is 2.13. The van der Waals surface area contributed by atoms with Crippen LogP contribution in [0.5, 0.6) is 0 Å². The second kappa shape index (κ2) is 3.86. The molecule has 2 rings (SSSR count). The molecule has 0 saturated carbocycles. The van der Waals surface area contributed by atoms with E-state index in [0.29, 0.717) is 0 Å². The minimum absolute atomic E-state index is 0.127. The Hall–Kier alpha value is -1.62. The summed E-state index contributed by atoms with van der Waals surface area (Å²) in [5.74, 6) is 0. The molecule has 0 unspecified atom stereocenters. The van der Waals surface area contributed by atoms with Crippen molar-refractivity contribution < 1.29 is 4.92 Å². The lowest BCUT2D eigenvalue weighted by Crippen LogP contribution is -2.26. The first kappa shape index (κ1) is 9.92. The Bertz CT molecular complexity index is 363. The van der Waals surface area contributed by atoms with Crippen LogP contribution in [-0.2, 0) is 0 Å². The van der Waals surface area contributed by atoms with E-state index in [9.17, 15) is 10.1 Å². The van der Waals surface area contributed by atoms with Crippen LogP contribution in [0.4, 0.5) is 11.4 Å². The first-order valence-electron chi connectivity index (χ1n) is 4.92. The molecule has 5 heteroatoms. The summed E-state index contributed by atoms with van der Waals surface area (Å²) in [5, 5.41) is 10.5. The number of hydrogen-bond acceptors (Lipinski definition) is 4. The molecule has 1 aromatic rings. The maximum atomic E-state index is 10.5. The smallest absolute Gasteiger partial charge is 0.269 e. The number of hydrogen-bond donors (Lipinski definition) is 1. The Morgan fingerprint density at radius 1 is 1.40 bits per heavy atom. The van der Waals surface area contributed by atoms with Crippen LogP contribution in [0.2, 0.25) is 0 Å². The van der Waals surface area contributed by atoms with Crippen molar-refractivity contribution in [2.24, 2.45) is 5.73 Å². The molecule has 1 saturated heterocycles. The number of nitrogens with zero attached hydrogens (tertiary/aromatic N) is 2. The summed E-state index contributed by atoms with van der Waals surface area (Å²) in [7, 11) is 0. The Morgan fingerprint density at radius 2 is 2.07 bits per heavy atom. The van der Waals surface area contributed by atoms with Crippen molar-refractivity contribution >= 4 is 11.4 Å². The summed E-state index contributed by atoms with van der Waals surface area (Å²) in [6.45, 7) is 1.76. The van der Waals surface area contributed by atoms with Gasteiger partial charge in [0.15, 0.2) is 0 Å². The van der Waals surface area contributed by atoms with Gasteiger partial charge >= 0.3 is 0 Å². The molecule has 0 amide bonds. The fourth-order valence-electron chi connectivity index (χ4n) is 1.81. The number of non-ortho nitro benzene ring substituents is 1. The molecule has 1 aromatic carbocycles. The largest absolute Gasteiger partial charge is 0.370 e. The molecule has 1 fully saturated rings. The first-order valence-corrected chi connectivity index (χ1v) is 4.92. The normalized spacial score (nSPS) is 20.6. The van der Waals surface area contributed by atoms with E-state index in [0.717, 1.165) is 25.2 Å². The van der Waals surface area contributed by atoms with Crippen LogP contribution in [0.15, 0.2) is 24.3 Å². The molecule has 0 radical (unpaired) electrons. The van der Waals surface area contributed by atoms with E-state index >= 15 is 0 Å². The third kappa shape index (κ3) is 2.07. The van der Waals surface area contributed by atoms with E-state index in [1.165, 1.54) is 12.1 Å². The van der Waals surface area contributed by atoms with Crippen LogP contribution in [0.3, 0.4) is 0 Å². The summed E-state index contributed by atoms with van der Waals surface area (Å²) in [5.41, 5.74) is 6.93. The van der Waals surface area contributed by atoms with Crippen molar-refractivity contribution in [2.75, 3.05) is 18.0 Å². The van der Waals surface area contributed by atoms with Crippen LogP contribution < -0.4 is 10.6 Å². The van der Waals surface area contributed by atoms with Gasteiger partial charge in [-0.25, -0.2) is 0 Å². The van der Waals surface area contributed by atoms with Crippen molar-refractivity contribution in [3.05, 3.63) is 34.4 Å². The highest BCUT2D eigenvalue weighted by atomic mass is 16.6. The van der Waals surface area contributed by atoms with Crippen LogP contribution in [0.1, 0.15) is 6.42 Å². The van der Waals surface area contributed by atoms with Crippen molar-refractivity contribution in [2.45, 2.75) is 12.5 Å². The fourth-order valence-corrected chi connectivity index (χ4v) is 1.81. The Labute approximate surface area is 87.6 Å². The van der Waals surface area contributed by atoms with Gasteiger partial charge in [-0.05, 0) is 18.6 Å². The van der Waals surface area contributed by atoms with Gasteiger partial charge in [0, 0.05) is 37.0 Å². The quantitative estimate of drug-likeness (QED) is 0.583. The lowest BCUT2D eigenvalue weighted by Gasteiger charge is -2.17. The van der Waals surface area contributed by atoms with Gasteiger partial charge in [0.1, 0.15) is 0 Å². The highest BCUT2D eigenvalue weighted by molar-refractivity contribution is 5.51. The maximum Gasteiger partial charge on any atom is 0.269 e. The van der Waals surface area contributed by atoms with Gasteiger partial charge in [0.2, 0.25) is 0 Å². The Kier molecular flexibility index (Phi) is 2.55. The highest BCUT2D eigenvalue weighted by Crippen LogP contribution is 2.22. The average Bonchev–Trinajstić information content (AvgIpc) is 2.65. The minimum atomic E-state index is -0.389. The van der Waals surface area contributed by atoms with E-state index < -0.39 is 0 Å². The average molecular weight is 207 g/mol. The van der Waals surface area contributed by atoms with E-state index in [4.69, 9.17) is 5.73 Å². The third-order valence-electron chi connectivity index (χ3n) is 2.65. The van der Waals surface area contributed by atoms with Crippen LogP contribution >= 0.6 is 0 Å². The van der Waals surface area contributed by atoms with Gasteiger partial charge < -0.3 is 10.6 Å². The number of anilines is 1. The SMILES string of the molecule is N[C@H]1CCN(c2ccc([N+](=O)[O-])cc2)C1. The Morgan fingerprint density at radius 3 is 2.53 bits per heavy atom. The number of nitro benzene ring substituents is 1. The zero-order valence-electron chi connectivity index (χ0n) is 8.30. The maximum absolute atomic E-state index is 10.5. The molecule has 1 aliphatic rings. The molecule has 1 heterocycles. The molecular formula is C10H13N3O2. The van der Waals surface area contributed by atoms with Gasteiger partial charge in [0.25, 0.3) is 5.69 Å². The van der Waals surface area contributed by atoms with E-state index in [1.807, 2.05) is 0 Å². The topological polar surface area (TPSA) is 72.4 Å². The van der Waals surface area contributed by atoms with E-state index in [2.05, 4.69) is 4.90 Å². The number of benzene rings is 1. The summed E-state index contributed by atoms with van der Waals surface area (Å²) < 4.78 is 0. The number of nitro groups is 1. The molecule has 80 valence electrons. The lowest BCUT2D eigenvalue weighted by molar-refractivity contribution is -0.384. The lowest BCUT2D eigenvalue weighted by atomic mass is 10.2. The van der Waals surface area contributed by atoms with E-state index in [1.54, 1.807) is 12.1 Å². The minimum Gasteiger partial charge on any atom is -0.370 e. The first-order chi connectivity index (χ1) is 7.16. The molecular weight excluding hydrogens is 194 g/mol. The summed E-state index contributed by atoms with van der Waals surface area (Å²) >= 11 is 0. The van der Waals surface area contributed by atoms with Gasteiger partial charge in [-0.1, -0.05) is 0 Å². The molecule has 0 aromatic heterocycles. The molecule has 0 spiro atoms. The molecule has 2 N–H and O–H groups in total. The van der Waals surface area contributed by atoms with Gasteiger partial charge in [-0.15, -0.1) is 0 Å². The monoisotopic (exact) mass is 207 g/mol. The van der Waals surface area contributed by atoms with Crippen LogP contribution in [-0.4, -0.2) is 24.1 Å². The molecule has 15 heavy (non-hydrogen) atoms. The van der Waals surface area contributed by atoms with E-state index in [-0.39, 0.29) is 16.7 Å². The van der Waals surface area contributed by atoms with Crippen molar-refractivity contribution in [3.63, 3.8) is 0 Å². The van der Waals surface area contributed by atoms with Gasteiger partial charge in [-0.2, -0.15) is 0 Å². The third-order valence-corrected chi connectivity index (χ3v) is 2.65. The standard InChI is InChI=1S/C10H13N3O2/c11-8-5-6-12(7-8)9-1-3-10(4-2-9)13(14)15/h1-4,8H,5-7,11H2/t8-/m0/s1. The van der Waals surface area contributed by atoms with Crippen molar-refractivity contribution in [1.29, 1.82) is 0 Å². The molecule has 1 aliphatic heterocycles.